The summed E-state index contributed by atoms with van der Waals surface area (Å²) in [5.41, 5.74) is 2.30. The number of rotatable bonds is 10. The molecule has 8 heteroatoms. The van der Waals surface area contributed by atoms with Crippen molar-refractivity contribution in [3.05, 3.63) is 71.0 Å². The van der Waals surface area contributed by atoms with Crippen LogP contribution in [0.4, 0.5) is 4.39 Å². The Morgan fingerprint density at radius 3 is 2.53 bits per heavy atom. The molecule has 0 aliphatic carbocycles. The van der Waals surface area contributed by atoms with Gasteiger partial charge in [0.05, 0.1) is 11.9 Å². The maximum Gasteiger partial charge on any atom is 0.191 e. The lowest BCUT2D eigenvalue weighted by Gasteiger charge is -2.16. The van der Waals surface area contributed by atoms with Crippen LogP contribution in [0.2, 0.25) is 0 Å². The van der Waals surface area contributed by atoms with E-state index in [1.807, 2.05) is 37.3 Å². The molecule has 0 heterocycles. The van der Waals surface area contributed by atoms with Gasteiger partial charge in [-0.05, 0) is 42.2 Å². The van der Waals surface area contributed by atoms with Crippen LogP contribution >= 0.6 is 0 Å². The summed E-state index contributed by atoms with van der Waals surface area (Å²) in [6, 6.07) is 14.2. The van der Waals surface area contributed by atoms with Crippen LogP contribution in [0.15, 0.2) is 53.5 Å². The van der Waals surface area contributed by atoms with Gasteiger partial charge < -0.3 is 15.4 Å². The lowest BCUT2D eigenvalue weighted by Crippen LogP contribution is -2.37. The predicted octanol–water partition coefficient (Wildman–Crippen LogP) is 3.20. The van der Waals surface area contributed by atoms with Crippen molar-refractivity contribution in [2.24, 2.45) is 4.99 Å². The number of ether oxygens (including phenoxy) is 1. The standard InChI is InChI=1S/C22H30FN3O3S/c1-17(18-8-5-4-6-9-18)29-13-7-12-25-22(24-2)26-15-20-14-21(23)11-10-19(20)16-30(3,27)28/h4-6,8-11,14,17H,7,12-13,15-16H2,1-3H3,(H2,24,25,26). The third-order valence-corrected chi connectivity index (χ3v) is 5.34. The van der Waals surface area contributed by atoms with E-state index in [1.54, 1.807) is 7.05 Å². The highest BCUT2D eigenvalue weighted by atomic mass is 32.2. The van der Waals surface area contributed by atoms with Gasteiger partial charge in [-0.2, -0.15) is 0 Å². The van der Waals surface area contributed by atoms with Crippen LogP contribution < -0.4 is 10.6 Å². The number of hydrogen-bond donors (Lipinski definition) is 2. The van der Waals surface area contributed by atoms with Gasteiger partial charge in [-0.1, -0.05) is 36.4 Å². The second-order valence-corrected chi connectivity index (χ2v) is 9.25. The Balaban J connectivity index is 1.78. The van der Waals surface area contributed by atoms with Crippen LogP contribution in [0, 0.1) is 5.82 Å². The van der Waals surface area contributed by atoms with Crippen molar-refractivity contribution in [2.75, 3.05) is 26.5 Å². The van der Waals surface area contributed by atoms with E-state index in [0.717, 1.165) is 18.2 Å². The summed E-state index contributed by atoms with van der Waals surface area (Å²) in [5.74, 6) is 0.0186. The molecule has 0 radical (unpaired) electrons. The average Bonchev–Trinajstić information content (AvgIpc) is 2.71. The Morgan fingerprint density at radius 1 is 1.13 bits per heavy atom. The van der Waals surface area contributed by atoms with Crippen LogP contribution in [0.1, 0.15) is 36.1 Å². The van der Waals surface area contributed by atoms with Crippen molar-refractivity contribution >= 4 is 15.8 Å². The number of nitrogens with one attached hydrogen (secondary N) is 2. The number of halogens is 1. The Hall–Kier alpha value is -2.45. The van der Waals surface area contributed by atoms with E-state index in [-0.39, 0.29) is 18.4 Å². The van der Waals surface area contributed by atoms with E-state index < -0.39 is 15.7 Å². The van der Waals surface area contributed by atoms with Gasteiger partial charge in [0.2, 0.25) is 0 Å². The molecule has 0 saturated carbocycles. The summed E-state index contributed by atoms with van der Waals surface area (Å²) in [6.07, 6.45) is 1.98. The molecule has 0 aromatic heterocycles. The van der Waals surface area contributed by atoms with Gasteiger partial charge in [0.1, 0.15) is 5.82 Å². The zero-order chi connectivity index (χ0) is 22.0. The normalized spacial score (nSPS) is 13.1. The number of sulfone groups is 1. The SMILES string of the molecule is CN=C(NCCCOC(C)c1ccccc1)NCc1cc(F)ccc1CS(C)(=O)=O. The van der Waals surface area contributed by atoms with Crippen LogP contribution in [0.3, 0.4) is 0 Å². The zero-order valence-electron chi connectivity index (χ0n) is 17.7. The van der Waals surface area contributed by atoms with Gasteiger partial charge in [0.15, 0.2) is 15.8 Å². The zero-order valence-corrected chi connectivity index (χ0v) is 18.5. The first-order valence-corrected chi connectivity index (χ1v) is 11.9. The van der Waals surface area contributed by atoms with Crippen LogP contribution in [0.25, 0.3) is 0 Å². The first kappa shape index (κ1) is 23.8. The minimum atomic E-state index is -3.21. The van der Waals surface area contributed by atoms with Crippen molar-refractivity contribution in [3.63, 3.8) is 0 Å². The quantitative estimate of drug-likeness (QED) is 0.340. The maximum atomic E-state index is 13.6. The summed E-state index contributed by atoms with van der Waals surface area (Å²) in [5, 5.41) is 6.28. The number of hydrogen-bond acceptors (Lipinski definition) is 4. The molecule has 6 nitrogen and oxygen atoms in total. The average molecular weight is 436 g/mol. The molecule has 0 saturated heterocycles. The Kier molecular flexibility index (Phi) is 9.26. The first-order chi connectivity index (χ1) is 14.3. The lowest BCUT2D eigenvalue weighted by molar-refractivity contribution is 0.0646. The highest BCUT2D eigenvalue weighted by Crippen LogP contribution is 2.16. The van der Waals surface area contributed by atoms with Crippen molar-refractivity contribution in [2.45, 2.75) is 31.7 Å². The number of nitrogens with zero attached hydrogens (tertiary/aromatic N) is 1. The molecule has 1 unspecified atom stereocenters. The molecule has 1 atom stereocenters. The first-order valence-electron chi connectivity index (χ1n) is 9.84. The van der Waals surface area contributed by atoms with E-state index in [9.17, 15) is 12.8 Å². The minimum Gasteiger partial charge on any atom is -0.374 e. The molecule has 30 heavy (non-hydrogen) atoms. The smallest absolute Gasteiger partial charge is 0.191 e. The molecule has 0 aliphatic rings. The molecule has 0 spiro atoms. The number of benzene rings is 2. The Morgan fingerprint density at radius 2 is 1.87 bits per heavy atom. The minimum absolute atomic E-state index is 0.0323. The van der Waals surface area contributed by atoms with E-state index in [4.69, 9.17) is 4.74 Å². The van der Waals surface area contributed by atoms with E-state index in [1.165, 1.54) is 18.2 Å². The second kappa shape index (κ2) is 11.7. The van der Waals surface area contributed by atoms with Crippen LogP contribution in [0.5, 0.6) is 0 Å². The molecule has 0 aliphatic heterocycles. The summed E-state index contributed by atoms with van der Waals surface area (Å²) in [7, 11) is -1.57. The molecule has 0 amide bonds. The fourth-order valence-corrected chi connectivity index (χ4v) is 3.79. The van der Waals surface area contributed by atoms with Gasteiger partial charge in [0, 0.05) is 33.0 Å². The molecule has 2 aromatic rings. The van der Waals surface area contributed by atoms with Gasteiger partial charge in [-0.25, -0.2) is 12.8 Å². The van der Waals surface area contributed by atoms with Crippen molar-refractivity contribution in [1.29, 1.82) is 0 Å². The monoisotopic (exact) mass is 435 g/mol. The largest absolute Gasteiger partial charge is 0.374 e. The highest BCUT2D eigenvalue weighted by molar-refractivity contribution is 7.89. The maximum absolute atomic E-state index is 13.6. The van der Waals surface area contributed by atoms with Gasteiger partial charge >= 0.3 is 0 Å². The molecule has 0 fully saturated rings. The van der Waals surface area contributed by atoms with Crippen LogP contribution in [-0.4, -0.2) is 40.8 Å². The van der Waals surface area contributed by atoms with Gasteiger partial charge in [-0.3, -0.25) is 4.99 Å². The summed E-state index contributed by atoms with van der Waals surface area (Å²) >= 11 is 0. The molecule has 2 aromatic carbocycles. The molecule has 2 N–H and O–H groups in total. The number of aliphatic imine (C=N–C) groups is 1. The summed E-state index contributed by atoms with van der Waals surface area (Å²) in [6.45, 7) is 3.54. The Labute approximate surface area is 178 Å². The molecular weight excluding hydrogens is 405 g/mol. The van der Waals surface area contributed by atoms with E-state index >= 15 is 0 Å². The molecule has 164 valence electrons. The molecular formula is C22H30FN3O3S. The fraction of sp³-hybridized carbons (Fsp3) is 0.409. The van der Waals surface area contributed by atoms with E-state index in [2.05, 4.69) is 15.6 Å². The van der Waals surface area contributed by atoms with Gasteiger partial charge in [-0.15, -0.1) is 0 Å². The summed E-state index contributed by atoms with van der Waals surface area (Å²) < 4.78 is 42.7. The third kappa shape index (κ3) is 8.51. The Bertz CT molecular complexity index is 934. The van der Waals surface area contributed by atoms with Gasteiger partial charge in [0.25, 0.3) is 0 Å². The third-order valence-electron chi connectivity index (χ3n) is 4.51. The predicted molar refractivity (Wildman–Crippen MR) is 119 cm³/mol. The highest BCUT2D eigenvalue weighted by Gasteiger charge is 2.11. The van der Waals surface area contributed by atoms with E-state index in [0.29, 0.717) is 30.2 Å². The molecule has 2 rings (SSSR count). The van der Waals surface area contributed by atoms with Crippen molar-refractivity contribution < 1.29 is 17.5 Å². The lowest BCUT2D eigenvalue weighted by atomic mass is 10.1. The second-order valence-electron chi connectivity index (χ2n) is 7.11. The summed E-state index contributed by atoms with van der Waals surface area (Å²) in [4.78, 5) is 4.15. The van der Waals surface area contributed by atoms with Crippen LogP contribution in [-0.2, 0) is 26.9 Å². The fourth-order valence-electron chi connectivity index (χ4n) is 2.94. The molecule has 0 bridgehead atoms. The van der Waals surface area contributed by atoms with Crippen molar-refractivity contribution in [3.8, 4) is 0 Å². The number of guanidine groups is 1. The topological polar surface area (TPSA) is 79.8 Å². The van der Waals surface area contributed by atoms with Crippen molar-refractivity contribution in [1.82, 2.24) is 10.6 Å².